The number of rotatable bonds is 6. The molecule has 0 aliphatic rings. The monoisotopic (exact) mass is 332 g/mol. The van der Waals surface area contributed by atoms with Crippen molar-refractivity contribution in [3.05, 3.63) is 57.8 Å². The molecule has 0 aliphatic heterocycles. The molecule has 0 fully saturated rings. The topological polar surface area (TPSA) is 24.1 Å². The predicted octanol–water partition coefficient (Wildman–Crippen LogP) is 4.84. The van der Waals surface area contributed by atoms with Crippen LogP contribution in [0.1, 0.15) is 55.2 Å². The van der Waals surface area contributed by atoms with Crippen LogP contribution in [-0.4, -0.2) is 11.7 Å². The van der Waals surface area contributed by atoms with Crippen LogP contribution in [0.2, 0.25) is 0 Å². The summed E-state index contributed by atoms with van der Waals surface area (Å²) in [7, 11) is 0. The third-order valence-corrected chi connectivity index (χ3v) is 5.09. The van der Waals surface area contributed by atoms with Gasteiger partial charge in [0.05, 0.1) is 6.04 Å². The molecule has 0 bridgehead atoms. The summed E-state index contributed by atoms with van der Waals surface area (Å²) in [6.45, 7) is 7.37. The summed E-state index contributed by atoms with van der Waals surface area (Å²) in [6.07, 6.45) is 1.16. The first-order valence-electron chi connectivity index (χ1n) is 7.83. The fraction of sp³-hybridized carbons (Fsp3) is 0.389. The molecular weight excluding hydrogens is 308 g/mol. The lowest BCUT2D eigenvalue weighted by molar-refractivity contribution is 0.727. The fourth-order valence-corrected chi connectivity index (χ4v) is 3.43. The van der Waals surface area contributed by atoms with Gasteiger partial charge >= 0.3 is 0 Å². The van der Waals surface area contributed by atoms with E-state index < -0.39 is 0 Å². The molecule has 1 heterocycles. The van der Waals surface area contributed by atoms with E-state index in [0.717, 1.165) is 13.0 Å². The Morgan fingerprint density at radius 1 is 1.14 bits per heavy atom. The molecule has 2 rings (SSSR count). The first-order chi connectivity index (χ1) is 10.7. The van der Waals surface area contributed by atoms with Crippen molar-refractivity contribution in [2.75, 3.05) is 6.54 Å². The van der Waals surface area contributed by atoms with Crippen molar-refractivity contribution in [1.29, 1.82) is 0 Å². The molecule has 2 aromatic rings. The van der Waals surface area contributed by atoms with Crippen LogP contribution >= 0.6 is 23.6 Å². The van der Waals surface area contributed by atoms with E-state index in [1.165, 1.54) is 16.0 Å². The average Bonchev–Trinajstić information content (AvgIpc) is 3.06. The van der Waals surface area contributed by atoms with Crippen LogP contribution < -0.4 is 10.6 Å². The van der Waals surface area contributed by atoms with Crippen molar-refractivity contribution in [2.24, 2.45) is 0 Å². The zero-order chi connectivity index (χ0) is 15.9. The molecule has 0 saturated heterocycles. The minimum absolute atomic E-state index is 0.109. The van der Waals surface area contributed by atoms with Crippen molar-refractivity contribution in [2.45, 2.75) is 39.2 Å². The van der Waals surface area contributed by atoms with Gasteiger partial charge in [-0.05, 0) is 54.1 Å². The van der Waals surface area contributed by atoms with Gasteiger partial charge in [-0.15, -0.1) is 11.3 Å². The van der Waals surface area contributed by atoms with Crippen LogP contribution in [0.4, 0.5) is 0 Å². The minimum Gasteiger partial charge on any atom is -0.363 e. The number of benzene rings is 1. The Morgan fingerprint density at radius 2 is 1.82 bits per heavy atom. The van der Waals surface area contributed by atoms with Gasteiger partial charge in [-0.3, -0.25) is 0 Å². The van der Waals surface area contributed by atoms with Crippen LogP contribution in [0.15, 0.2) is 41.8 Å². The Hall–Kier alpha value is -1.39. The quantitative estimate of drug-likeness (QED) is 0.741. The molecule has 0 saturated carbocycles. The highest BCUT2D eigenvalue weighted by Gasteiger charge is 2.16. The summed E-state index contributed by atoms with van der Waals surface area (Å²) in [6, 6.07) is 13.3. The Morgan fingerprint density at radius 3 is 2.36 bits per heavy atom. The largest absolute Gasteiger partial charge is 0.363 e. The van der Waals surface area contributed by atoms with E-state index in [9.17, 15) is 0 Å². The summed E-state index contributed by atoms with van der Waals surface area (Å²) in [4.78, 5) is 1.27. The van der Waals surface area contributed by atoms with Crippen molar-refractivity contribution in [3.8, 4) is 0 Å². The summed E-state index contributed by atoms with van der Waals surface area (Å²) < 4.78 is 0. The summed E-state index contributed by atoms with van der Waals surface area (Å²) in [5.74, 6) is 0.602. The maximum atomic E-state index is 5.37. The summed E-state index contributed by atoms with van der Waals surface area (Å²) in [5.41, 5.74) is 2.64. The molecule has 0 aliphatic carbocycles. The Labute approximate surface area is 143 Å². The van der Waals surface area contributed by atoms with E-state index in [1.807, 2.05) is 0 Å². The molecule has 22 heavy (non-hydrogen) atoms. The zero-order valence-electron chi connectivity index (χ0n) is 13.4. The maximum absolute atomic E-state index is 5.37. The molecule has 2 atom stereocenters. The molecule has 2 N–H and O–H groups in total. The van der Waals surface area contributed by atoms with Gasteiger partial charge in [0, 0.05) is 11.4 Å². The van der Waals surface area contributed by atoms with Crippen LogP contribution in [0.3, 0.4) is 0 Å². The highest BCUT2D eigenvalue weighted by molar-refractivity contribution is 7.80. The molecular formula is C18H24N2S2. The number of thiocarbonyl (C=S) groups is 1. The third-order valence-electron chi connectivity index (χ3n) is 3.89. The third kappa shape index (κ3) is 4.31. The van der Waals surface area contributed by atoms with Crippen molar-refractivity contribution in [3.63, 3.8) is 0 Å². The Kier molecular flexibility index (Phi) is 6.40. The molecule has 4 heteroatoms. The molecule has 2 nitrogen and oxygen atoms in total. The zero-order valence-corrected chi connectivity index (χ0v) is 15.1. The second-order valence-electron chi connectivity index (χ2n) is 5.43. The normalized spacial score (nSPS) is 13.4. The molecule has 1 aromatic heterocycles. The van der Waals surface area contributed by atoms with Gasteiger partial charge in [0.2, 0.25) is 0 Å². The van der Waals surface area contributed by atoms with Crippen LogP contribution in [0.25, 0.3) is 0 Å². The van der Waals surface area contributed by atoms with Gasteiger partial charge in [0.25, 0.3) is 0 Å². The van der Waals surface area contributed by atoms with Crippen molar-refractivity contribution >= 4 is 28.7 Å². The Balaban J connectivity index is 2.23. The lowest BCUT2D eigenvalue weighted by Gasteiger charge is -2.21. The van der Waals surface area contributed by atoms with E-state index in [2.05, 4.69) is 73.2 Å². The Bertz CT molecular complexity index is 576. The number of thiophene rings is 1. The maximum Gasteiger partial charge on any atom is 0.167 e. The standard InChI is InChI=1S/C18H24N2S2/c1-4-13(3)14-8-10-15(11-9-14)17(16-7-6-12-22-16)20-18(21)19-5-2/h6-13,17H,4-5H2,1-3H3,(H2,19,20,21)/t13-,17-/m0/s1. The number of hydrogen-bond acceptors (Lipinski definition) is 2. The SMILES string of the molecule is CCNC(=S)N[C@@H](c1ccc([C@@H](C)CC)cc1)c1cccs1. The van der Waals surface area contributed by atoms with Gasteiger partial charge in [-0.1, -0.05) is 44.2 Å². The van der Waals surface area contributed by atoms with Crippen LogP contribution in [0, 0.1) is 0 Å². The highest BCUT2D eigenvalue weighted by Crippen LogP contribution is 2.28. The fourth-order valence-electron chi connectivity index (χ4n) is 2.37. The van der Waals surface area contributed by atoms with E-state index >= 15 is 0 Å². The van der Waals surface area contributed by atoms with Gasteiger partial charge in [0.15, 0.2) is 5.11 Å². The molecule has 0 amide bonds. The van der Waals surface area contributed by atoms with E-state index in [1.54, 1.807) is 11.3 Å². The lowest BCUT2D eigenvalue weighted by atomic mass is 9.95. The van der Waals surface area contributed by atoms with Gasteiger partial charge in [0.1, 0.15) is 0 Å². The lowest BCUT2D eigenvalue weighted by Crippen LogP contribution is -2.37. The van der Waals surface area contributed by atoms with E-state index in [4.69, 9.17) is 12.2 Å². The average molecular weight is 333 g/mol. The number of nitrogens with one attached hydrogen (secondary N) is 2. The summed E-state index contributed by atoms with van der Waals surface area (Å²) in [5, 5.41) is 9.41. The second kappa shape index (κ2) is 8.30. The van der Waals surface area contributed by atoms with Gasteiger partial charge < -0.3 is 10.6 Å². The molecule has 0 radical (unpaired) electrons. The molecule has 0 spiro atoms. The van der Waals surface area contributed by atoms with Crippen LogP contribution in [-0.2, 0) is 0 Å². The number of hydrogen-bond donors (Lipinski definition) is 2. The van der Waals surface area contributed by atoms with E-state index in [-0.39, 0.29) is 6.04 Å². The van der Waals surface area contributed by atoms with Crippen molar-refractivity contribution in [1.82, 2.24) is 10.6 Å². The van der Waals surface area contributed by atoms with Crippen LogP contribution in [0.5, 0.6) is 0 Å². The second-order valence-corrected chi connectivity index (χ2v) is 6.82. The molecule has 118 valence electrons. The smallest absolute Gasteiger partial charge is 0.167 e. The highest BCUT2D eigenvalue weighted by atomic mass is 32.1. The first-order valence-corrected chi connectivity index (χ1v) is 9.12. The minimum atomic E-state index is 0.109. The molecule has 0 unspecified atom stereocenters. The van der Waals surface area contributed by atoms with Gasteiger partial charge in [-0.2, -0.15) is 0 Å². The van der Waals surface area contributed by atoms with Crippen molar-refractivity contribution < 1.29 is 0 Å². The predicted molar refractivity (Wildman–Crippen MR) is 101 cm³/mol. The summed E-state index contributed by atoms with van der Waals surface area (Å²) >= 11 is 7.12. The van der Waals surface area contributed by atoms with E-state index in [0.29, 0.717) is 11.0 Å². The molecule has 1 aromatic carbocycles. The van der Waals surface area contributed by atoms with Gasteiger partial charge in [-0.25, -0.2) is 0 Å². The first kappa shape index (κ1) is 17.0.